The number of furan rings is 1. The maximum Gasteiger partial charge on any atom is 0.338 e. The summed E-state index contributed by atoms with van der Waals surface area (Å²) in [7, 11) is 0. The molecular formula is C21H16ClN5O5S. The summed E-state index contributed by atoms with van der Waals surface area (Å²) in [5.41, 5.74) is 6.78. The predicted octanol–water partition coefficient (Wildman–Crippen LogP) is 4.46. The van der Waals surface area contributed by atoms with Crippen molar-refractivity contribution in [1.82, 2.24) is 4.90 Å². The number of benzene rings is 1. The molecule has 1 aromatic heterocycles. The molecule has 33 heavy (non-hydrogen) atoms. The molecule has 2 aliphatic heterocycles. The third-order valence-electron chi connectivity index (χ3n) is 4.99. The van der Waals surface area contributed by atoms with Crippen molar-refractivity contribution < 1.29 is 18.9 Å². The van der Waals surface area contributed by atoms with Crippen LogP contribution in [0.15, 0.2) is 61.7 Å². The molecule has 3 heterocycles. The Hall–Kier alpha value is -3.75. The molecule has 2 aliphatic rings. The molecule has 2 N–H and O–H groups in total. The van der Waals surface area contributed by atoms with Gasteiger partial charge in [0.05, 0.1) is 28.4 Å². The number of hydrogen-bond donors (Lipinski definition) is 1. The number of nitriles is 1. The van der Waals surface area contributed by atoms with Gasteiger partial charge < -0.3 is 14.9 Å². The summed E-state index contributed by atoms with van der Waals surface area (Å²) in [6.07, 6.45) is 0. The van der Waals surface area contributed by atoms with Crippen molar-refractivity contribution in [2.75, 3.05) is 6.61 Å². The highest BCUT2D eigenvalue weighted by Crippen LogP contribution is 2.46. The average molecular weight is 486 g/mol. The van der Waals surface area contributed by atoms with Crippen LogP contribution < -0.4 is 5.73 Å². The van der Waals surface area contributed by atoms with Crippen LogP contribution in [0.3, 0.4) is 0 Å². The van der Waals surface area contributed by atoms with Gasteiger partial charge in [-0.2, -0.15) is 5.26 Å². The topological polar surface area (TPSA) is 148 Å². The van der Waals surface area contributed by atoms with Crippen molar-refractivity contribution in [2.45, 2.75) is 19.9 Å². The highest BCUT2D eigenvalue weighted by molar-refractivity contribution is 8.17. The minimum atomic E-state index is -0.880. The summed E-state index contributed by atoms with van der Waals surface area (Å²) in [6, 6.07) is 8.53. The smallest absolute Gasteiger partial charge is 0.338 e. The minimum absolute atomic E-state index is 0.121. The molecule has 10 nitrogen and oxygen atoms in total. The van der Waals surface area contributed by atoms with Crippen molar-refractivity contribution in [3.63, 3.8) is 0 Å². The summed E-state index contributed by atoms with van der Waals surface area (Å²) in [4.78, 5) is 30.0. The molecule has 0 saturated heterocycles. The Morgan fingerprint density at radius 2 is 2.21 bits per heavy atom. The lowest BCUT2D eigenvalue weighted by atomic mass is 10.00. The number of nitrogens with zero attached hydrogens (tertiary/aromatic N) is 4. The van der Waals surface area contributed by atoms with Crippen LogP contribution in [0, 0.1) is 21.4 Å². The number of carbonyl (C=O) groups is 1. The normalized spacial score (nSPS) is 17.6. The van der Waals surface area contributed by atoms with Gasteiger partial charge in [-0.1, -0.05) is 11.6 Å². The molecule has 0 fully saturated rings. The predicted molar refractivity (Wildman–Crippen MR) is 122 cm³/mol. The van der Waals surface area contributed by atoms with Crippen molar-refractivity contribution >= 4 is 40.2 Å². The van der Waals surface area contributed by atoms with Gasteiger partial charge in [0.25, 0.3) is 5.69 Å². The van der Waals surface area contributed by atoms with E-state index < -0.39 is 16.9 Å². The van der Waals surface area contributed by atoms with Crippen LogP contribution in [0.25, 0.3) is 11.3 Å². The molecule has 2 aromatic rings. The number of nitro groups is 1. The van der Waals surface area contributed by atoms with Crippen LogP contribution in [0.2, 0.25) is 5.02 Å². The zero-order valence-electron chi connectivity index (χ0n) is 17.4. The molecule has 4 rings (SSSR count). The molecule has 0 spiro atoms. The summed E-state index contributed by atoms with van der Waals surface area (Å²) in [5, 5.41) is 21.6. The Balaban J connectivity index is 1.86. The van der Waals surface area contributed by atoms with Crippen LogP contribution >= 0.6 is 23.4 Å². The van der Waals surface area contributed by atoms with Gasteiger partial charge >= 0.3 is 5.97 Å². The van der Waals surface area contributed by atoms with Crippen molar-refractivity contribution in [3.05, 3.63) is 73.2 Å². The molecule has 0 radical (unpaired) electrons. The number of halogens is 1. The van der Waals surface area contributed by atoms with Gasteiger partial charge in [0, 0.05) is 11.1 Å². The van der Waals surface area contributed by atoms with E-state index in [9.17, 15) is 20.2 Å². The molecule has 1 aromatic carbocycles. The molecule has 1 atom stereocenters. The van der Waals surface area contributed by atoms with E-state index >= 15 is 0 Å². The Labute approximate surface area is 197 Å². The fraction of sp³-hybridized carbons (Fsp3) is 0.190. The summed E-state index contributed by atoms with van der Waals surface area (Å²) < 4.78 is 11.2. The molecule has 0 amide bonds. The second-order valence-corrected chi connectivity index (χ2v) is 8.35. The molecule has 0 bridgehead atoms. The first kappa shape index (κ1) is 22.4. The SMILES string of the molecule is CCOC(=O)C1=C(C)N=C2SC(C#N)=C(N)N2[C@H]1c1ccc(-c2ccc(Cl)cc2[N+](=O)[O-])o1. The number of rotatable bonds is 5. The lowest BCUT2D eigenvalue weighted by Crippen LogP contribution is -2.38. The maximum atomic E-state index is 12.8. The van der Waals surface area contributed by atoms with E-state index in [-0.39, 0.29) is 50.7 Å². The summed E-state index contributed by atoms with van der Waals surface area (Å²) in [6.45, 7) is 3.47. The van der Waals surface area contributed by atoms with Gasteiger partial charge in [-0.3, -0.25) is 15.0 Å². The fourth-order valence-electron chi connectivity index (χ4n) is 3.59. The van der Waals surface area contributed by atoms with E-state index in [1.54, 1.807) is 26.0 Å². The second-order valence-electron chi connectivity index (χ2n) is 6.94. The van der Waals surface area contributed by atoms with Gasteiger partial charge in [-0.15, -0.1) is 0 Å². The van der Waals surface area contributed by atoms with Crippen molar-refractivity contribution in [2.24, 2.45) is 10.7 Å². The maximum absolute atomic E-state index is 12.8. The Bertz CT molecular complexity index is 1320. The number of allylic oxidation sites excluding steroid dienone is 2. The highest BCUT2D eigenvalue weighted by Gasteiger charge is 2.44. The number of carbonyl (C=O) groups excluding carboxylic acids is 1. The Kier molecular flexibility index (Phi) is 5.88. The number of nitro benzene ring substituents is 1. The largest absolute Gasteiger partial charge is 0.463 e. The number of fused-ring (bicyclic) bond motifs is 1. The van der Waals surface area contributed by atoms with E-state index in [2.05, 4.69) is 4.99 Å². The van der Waals surface area contributed by atoms with Crippen molar-refractivity contribution in [3.8, 4) is 17.4 Å². The fourth-order valence-corrected chi connectivity index (χ4v) is 4.67. The van der Waals surface area contributed by atoms with E-state index in [0.717, 1.165) is 11.8 Å². The number of aliphatic imine (C=N–C) groups is 1. The Morgan fingerprint density at radius 1 is 1.45 bits per heavy atom. The number of hydrogen-bond acceptors (Lipinski definition) is 10. The van der Waals surface area contributed by atoms with Gasteiger partial charge in [0.2, 0.25) is 0 Å². The summed E-state index contributed by atoms with van der Waals surface area (Å²) >= 11 is 7.00. The van der Waals surface area contributed by atoms with E-state index in [1.165, 1.54) is 23.1 Å². The van der Waals surface area contributed by atoms with Crippen molar-refractivity contribution in [1.29, 1.82) is 5.26 Å². The highest BCUT2D eigenvalue weighted by atomic mass is 35.5. The lowest BCUT2D eigenvalue weighted by Gasteiger charge is -2.33. The molecule has 0 aliphatic carbocycles. The zero-order chi connectivity index (χ0) is 23.9. The van der Waals surface area contributed by atoms with Gasteiger partial charge in [0.15, 0.2) is 5.17 Å². The van der Waals surface area contributed by atoms with Crippen LogP contribution in [0.5, 0.6) is 0 Å². The molecular weight excluding hydrogens is 470 g/mol. The number of esters is 1. The molecule has 0 unspecified atom stereocenters. The molecule has 0 saturated carbocycles. The first-order valence-electron chi connectivity index (χ1n) is 9.64. The third kappa shape index (κ3) is 3.83. The monoisotopic (exact) mass is 485 g/mol. The quantitative estimate of drug-likeness (QED) is 0.368. The van der Waals surface area contributed by atoms with Crippen LogP contribution in [-0.2, 0) is 9.53 Å². The van der Waals surface area contributed by atoms with E-state index in [1.807, 2.05) is 6.07 Å². The first-order chi connectivity index (χ1) is 15.8. The van der Waals surface area contributed by atoms with Crippen LogP contribution in [0.1, 0.15) is 25.6 Å². The van der Waals surface area contributed by atoms with Gasteiger partial charge in [-0.25, -0.2) is 9.79 Å². The number of nitrogens with two attached hydrogens (primary N) is 1. The van der Waals surface area contributed by atoms with Crippen LogP contribution in [0.4, 0.5) is 5.69 Å². The zero-order valence-corrected chi connectivity index (χ0v) is 18.9. The van der Waals surface area contributed by atoms with Gasteiger partial charge in [0.1, 0.15) is 34.4 Å². The third-order valence-corrected chi connectivity index (χ3v) is 6.20. The average Bonchev–Trinajstić information content (AvgIpc) is 3.37. The number of amidine groups is 1. The van der Waals surface area contributed by atoms with Crippen LogP contribution in [-0.4, -0.2) is 27.6 Å². The minimum Gasteiger partial charge on any atom is -0.463 e. The van der Waals surface area contributed by atoms with E-state index in [4.69, 9.17) is 26.5 Å². The van der Waals surface area contributed by atoms with E-state index in [0.29, 0.717) is 10.9 Å². The second kappa shape index (κ2) is 8.65. The molecule has 168 valence electrons. The van der Waals surface area contributed by atoms with Gasteiger partial charge in [-0.05, 0) is 49.9 Å². The lowest BCUT2D eigenvalue weighted by molar-refractivity contribution is -0.384. The number of thioether (sulfide) groups is 1. The summed E-state index contributed by atoms with van der Waals surface area (Å²) in [5.74, 6) is -0.0163. The standard InChI is InChI=1S/C21H16ClN5O5S/c1-3-31-20(28)17-10(2)25-21-26(19(24)16(9-23)33-21)18(17)15-7-6-14(32-15)12-5-4-11(22)8-13(12)27(29)30/h4-8,18H,3,24H2,1-2H3/t18-/m0/s1. The molecule has 12 heteroatoms. The Morgan fingerprint density at radius 3 is 2.88 bits per heavy atom. The number of ether oxygens (including phenoxy) is 1. The first-order valence-corrected chi connectivity index (χ1v) is 10.8.